The molecule has 2 amide bonds. The summed E-state index contributed by atoms with van der Waals surface area (Å²) in [5.41, 5.74) is 2.20. The first-order chi connectivity index (χ1) is 13.1. The van der Waals surface area contributed by atoms with E-state index in [1.54, 1.807) is 12.1 Å². The maximum Gasteiger partial charge on any atom is 0.341 e. The van der Waals surface area contributed by atoms with Crippen molar-refractivity contribution in [3.63, 3.8) is 0 Å². The molecule has 6 nitrogen and oxygen atoms in total. The van der Waals surface area contributed by atoms with E-state index < -0.39 is 24.0 Å². The van der Waals surface area contributed by atoms with Gasteiger partial charge >= 0.3 is 12.0 Å². The minimum absolute atomic E-state index is 0.0681. The molecule has 1 heterocycles. The number of ether oxygens (including phenoxy) is 1. The number of aromatic hydroxyl groups is 1. The summed E-state index contributed by atoms with van der Waals surface area (Å²) in [7, 11) is 0. The monoisotopic (exact) mass is 366 g/mol. The second kappa shape index (κ2) is 8.49. The van der Waals surface area contributed by atoms with Gasteiger partial charge in [-0.15, -0.1) is 0 Å². The van der Waals surface area contributed by atoms with Gasteiger partial charge in [-0.1, -0.05) is 49.4 Å². The zero-order valence-electron chi connectivity index (χ0n) is 15.1. The predicted octanol–water partition coefficient (Wildman–Crippen LogP) is 3.41. The Hall–Kier alpha value is -3.15. The Morgan fingerprint density at radius 1 is 1.19 bits per heavy atom. The third-order valence-electron chi connectivity index (χ3n) is 4.54. The minimum atomic E-state index is -0.717. The number of urea groups is 1. The van der Waals surface area contributed by atoms with Crippen LogP contribution in [-0.4, -0.2) is 29.4 Å². The summed E-state index contributed by atoms with van der Waals surface area (Å²) in [6.07, 6.45) is 1.07. The lowest BCUT2D eigenvalue weighted by molar-refractivity contribution is -0.147. The van der Waals surface area contributed by atoms with Crippen LogP contribution in [-0.2, 0) is 16.0 Å². The van der Waals surface area contributed by atoms with Gasteiger partial charge < -0.3 is 15.2 Å². The third kappa shape index (κ3) is 4.53. The molecular formula is C21H22N2O4. The lowest BCUT2D eigenvalue weighted by atomic mass is 9.86. The highest BCUT2D eigenvalue weighted by molar-refractivity contribution is 6.09. The fraction of sp³-hybridized carbons (Fsp3) is 0.286. The smallest absolute Gasteiger partial charge is 0.341 e. The summed E-state index contributed by atoms with van der Waals surface area (Å²) >= 11 is 0. The van der Waals surface area contributed by atoms with E-state index in [2.05, 4.69) is 10.3 Å². The molecule has 3 rings (SSSR count). The van der Waals surface area contributed by atoms with Gasteiger partial charge in [0.1, 0.15) is 11.7 Å². The zero-order valence-corrected chi connectivity index (χ0v) is 15.1. The summed E-state index contributed by atoms with van der Waals surface area (Å²) in [6.45, 7) is 2.10. The number of hydrogen-bond acceptors (Lipinski definition) is 4. The molecule has 2 aromatic carbocycles. The Morgan fingerprint density at radius 3 is 2.67 bits per heavy atom. The predicted molar refractivity (Wildman–Crippen MR) is 102 cm³/mol. The van der Waals surface area contributed by atoms with Crippen molar-refractivity contribution < 1.29 is 19.4 Å². The highest BCUT2D eigenvalue weighted by Crippen LogP contribution is 2.30. The van der Waals surface area contributed by atoms with Gasteiger partial charge in [0.05, 0.1) is 12.6 Å². The van der Waals surface area contributed by atoms with Crippen LogP contribution in [0.2, 0.25) is 0 Å². The minimum Gasteiger partial charge on any atom is -0.508 e. The van der Waals surface area contributed by atoms with Gasteiger partial charge in [0.25, 0.3) is 0 Å². The number of aliphatic imine (C=N–C) groups is 1. The maximum absolute atomic E-state index is 12.8. The molecule has 0 fully saturated rings. The zero-order chi connectivity index (χ0) is 19.2. The summed E-state index contributed by atoms with van der Waals surface area (Å²) < 4.78 is 5.50. The quantitative estimate of drug-likeness (QED) is 0.767. The number of esters is 1. The summed E-state index contributed by atoms with van der Waals surface area (Å²) in [6, 6.07) is 15.1. The van der Waals surface area contributed by atoms with Crippen molar-refractivity contribution in [2.45, 2.75) is 25.8 Å². The standard InChI is InChI=1S/C21H22N2O4/c1-2-17-18(20(25)27-12-11-14-7-4-3-5-8-14)19(23-21(26)22-17)15-9-6-10-16(24)13-15/h3-10,13,18-19,24H,2,11-12H2,1H3,(H,23,26). The highest BCUT2D eigenvalue weighted by Gasteiger charge is 2.39. The van der Waals surface area contributed by atoms with E-state index in [0.717, 1.165) is 5.56 Å². The molecule has 0 aromatic heterocycles. The van der Waals surface area contributed by atoms with Crippen molar-refractivity contribution in [1.29, 1.82) is 0 Å². The van der Waals surface area contributed by atoms with Crippen LogP contribution in [0.25, 0.3) is 0 Å². The van der Waals surface area contributed by atoms with Crippen molar-refractivity contribution in [3.8, 4) is 5.75 Å². The topological polar surface area (TPSA) is 88.0 Å². The molecule has 2 aromatic rings. The Labute approximate surface area is 157 Å². The SMILES string of the molecule is CCC1=NC(=O)NC(c2cccc(O)c2)C1C(=O)OCCc1ccccc1. The summed E-state index contributed by atoms with van der Waals surface area (Å²) in [5, 5.41) is 12.5. The largest absolute Gasteiger partial charge is 0.508 e. The number of nitrogens with zero attached hydrogens (tertiary/aromatic N) is 1. The molecule has 0 aliphatic carbocycles. The third-order valence-corrected chi connectivity index (χ3v) is 4.54. The van der Waals surface area contributed by atoms with Crippen LogP contribution in [0.15, 0.2) is 59.6 Å². The van der Waals surface area contributed by atoms with Crippen molar-refractivity contribution >= 4 is 17.7 Å². The average Bonchev–Trinajstić information content (AvgIpc) is 2.68. The molecule has 140 valence electrons. The molecule has 0 spiro atoms. The Morgan fingerprint density at radius 2 is 1.96 bits per heavy atom. The van der Waals surface area contributed by atoms with Crippen LogP contribution >= 0.6 is 0 Å². The van der Waals surface area contributed by atoms with Crippen molar-refractivity contribution in [3.05, 3.63) is 65.7 Å². The van der Waals surface area contributed by atoms with E-state index >= 15 is 0 Å². The number of rotatable bonds is 6. The van der Waals surface area contributed by atoms with Gasteiger partial charge in [-0.3, -0.25) is 4.79 Å². The first-order valence-electron chi connectivity index (χ1n) is 8.96. The average molecular weight is 366 g/mol. The van der Waals surface area contributed by atoms with Gasteiger partial charge in [0.15, 0.2) is 0 Å². The first kappa shape index (κ1) is 18.6. The van der Waals surface area contributed by atoms with Crippen LogP contribution in [0.4, 0.5) is 4.79 Å². The van der Waals surface area contributed by atoms with Crippen LogP contribution in [0.3, 0.4) is 0 Å². The molecule has 2 unspecified atom stereocenters. The molecule has 0 radical (unpaired) electrons. The first-order valence-corrected chi connectivity index (χ1v) is 8.96. The lowest BCUT2D eigenvalue weighted by Crippen LogP contribution is -2.45. The second-order valence-electron chi connectivity index (χ2n) is 6.36. The molecule has 1 aliphatic rings. The fourth-order valence-corrected chi connectivity index (χ4v) is 3.21. The van der Waals surface area contributed by atoms with Gasteiger partial charge in [-0.25, -0.2) is 9.79 Å². The number of benzene rings is 2. The fourth-order valence-electron chi connectivity index (χ4n) is 3.21. The second-order valence-corrected chi connectivity index (χ2v) is 6.36. The van der Waals surface area contributed by atoms with E-state index in [1.165, 1.54) is 12.1 Å². The van der Waals surface area contributed by atoms with Crippen LogP contribution in [0.5, 0.6) is 5.75 Å². The number of phenolic OH excluding ortho intramolecular Hbond substituents is 1. The molecule has 1 aliphatic heterocycles. The molecular weight excluding hydrogens is 344 g/mol. The number of carbonyl (C=O) groups is 2. The van der Waals surface area contributed by atoms with Gasteiger partial charge in [0, 0.05) is 12.1 Å². The van der Waals surface area contributed by atoms with Gasteiger partial charge in [-0.2, -0.15) is 0 Å². The maximum atomic E-state index is 12.8. The molecule has 2 atom stereocenters. The molecule has 27 heavy (non-hydrogen) atoms. The Balaban J connectivity index is 1.78. The summed E-state index contributed by atoms with van der Waals surface area (Å²) in [5.74, 6) is -1.08. The molecule has 0 saturated carbocycles. The highest BCUT2D eigenvalue weighted by atomic mass is 16.5. The van der Waals surface area contributed by atoms with Crippen LogP contribution in [0.1, 0.15) is 30.5 Å². The van der Waals surface area contributed by atoms with E-state index in [9.17, 15) is 14.7 Å². The molecule has 2 N–H and O–H groups in total. The van der Waals surface area contributed by atoms with E-state index in [-0.39, 0.29) is 12.4 Å². The summed E-state index contributed by atoms with van der Waals surface area (Å²) in [4.78, 5) is 28.7. The van der Waals surface area contributed by atoms with Gasteiger partial charge in [-0.05, 0) is 29.7 Å². The van der Waals surface area contributed by atoms with Crippen LogP contribution < -0.4 is 5.32 Å². The van der Waals surface area contributed by atoms with E-state index in [1.807, 2.05) is 37.3 Å². The molecule has 0 saturated heterocycles. The van der Waals surface area contributed by atoms with Crippen molar-refractivity contribution in [2.24, 2.45) is 10.9 Å². The number of amides is 2. The number of hydrogen-bond donors (Lipinski definition) is 2. The number of phenols is 1. The molecule has 0 bridgehead atoms. The normalized spacial score (nSPS) is 19.1. The molecule has 6 heteroatoms. The van der Waals surface area contributed by atoms with Crippen LogP contribution in [0, 0.1) is 5.92 Å². The number of carbonyl (C=O) groups excluding carboxylic acids is 2. The number of nitrogens with one attached hydrogen (secondary N) is 1. The Kier molecular flexibility index (Phi) is 5.86. The van der Waals surface area contributed by atoms with E-state index in [4.69, 9.17) is 4.74 Å². The Bertz CT molecular complexity index is 848. The van der Waals surface area contributed by atoms with Gasteiger partial charge in [0.2, 0.25) is 0 Å². The van der Waals surface area contributed by atoms with E-state index in [0.29, 0.717) is 24.1 Å². The lowest BCUT2D eigenvalue weighted by Gasteiger charge is -2.30. The van der Waals surface area contributed by atoms with Crippen molar-refractivity contribution in [1.82, 2.24) is 5.32 Å². The van der Waals surface area contributed by atoms with Crippen molar-refractivity contribution in [2.75, 3.05) is 6.61 Å².